The molecule has 3 rings (SSSR count). The molecule has 1 aliphatic rings. The molecular formula is C17H16FN3OS. The lowest BCUT2D eigenvalue weighted by Gasteiger charge is -2.37. The van der Waals surface area contributed by atoms with Crippen molar-refractivity contribution < 1.29 is 9.13 Å². The number of aromatic nitrogens is 1. The van der Waals surface area contributed by atoms with Crippen molar-refractivity contribution in [3.8, 4) is 17.3 Å². The standard InChI is InChI=1S/C17H16FN3OS/c1-17(7-8-18)13-9-11(3-5-14(13)20-16(23)22-17)15-6-4-12(10-19)21(15)2/h3-6,9H,7-8H2,1-2H3,(H,20,23)/t17-/m0/s1. The normalized spacial score (nSPS) is 19.5. The van der Waals surface area contributed by atoms with Crippen molar-refractivity contribution in [2.75, 3.05) is 12.0 Å². The van der Waals surface area contributed by atoms with Gasteiger partial charge in [-0.3, -0.25) is 4.39 Å². The van der Waals surface area contributed by atoms with Crippen LogP contribution in [0, 0.1) is 11.3 Å². The van der Waals surface area contributed by atoms with Crippen molar-refractivity contribution in [1.29, 1.82) is 5.26 Å². The van der Waals surface area contributed by atoms with Crippen LogP contribution in [-0.2, 0) is 17.4 Å². The summed E-state index contributed by atoms with van der Waals surface area (Å²) in [4.78, 5) is 0. The monoisotopic (exact) mass is 329 g/mol. The maximum atomic E-state index is 13.0. The first-order valence-electron chi connectivity index (χ1n) is 7.25. The summed E-state index contributed by atoms with van der Waals surface area (Å²) in [6.07, 6.45) is 0.224. The molecule has 0 fully saturated rings. The number of nitrogens with zero attached hydrogens (tertiary/aromatic N) is 2. The second-order valence-electron chi connectivity index (χ2n) is 5.72. The Hall–Kier alpha value is -2.39. The molecule has 6 heteroatoms. The van der Waals surface area contributed by atoms with Gasteiger partial charge in [-0.25, -0.2) is 0 Å². The number of fused-ring (bicyclic) bond motifs is 1. The predicted octanol–water partition coefficient (Wildman–Crippen LogP) is 3.87. The Morgan fingerprint density at radius 3 is 2.83 bits per heavy atom. The van der Waals surface area contributed by atoms with E-state index in [1.54, 1.807) is 6.07 Å². The summed E-state index contributed by atoms with van der Waals surface area (Å²) in [7, 11) is 1.85. The highest BCUT2D eigenvalue weighted by atomic mass is 32.1. The number of thiocarbonyl (C=S) groups is 1. The van der Waals surface area contributed by atoms with Gasteiger partial charge in [0.2, 0.25) is 0 Å². The van der Waals surface area contributed by atoms with E-state index in [1.165, 1.54) is 0 Å². The highest BCUT2D eigenvalue weighted by Gasteiger charge is 2.36. The van der Waals surface area contributed by atoms with Crippen LogP contribution in [0.3, 0.4) is 0 Å². The number of nitrogens with one attached hydrogen (secondary N) is 1. The molecule has 0 amide bonds. The summed E-state index contributed by atoms with van der Waals surface area (Å²) in [6.45, 7) is 1.35. The first kappa shape index (κ1) is 15.5. The minimum Gasteiger partial charge on any atom is -0.459 e. The molecule has 1 aliphatic heterocycles. The van der Waals surface area contributed by atoms with E-state index >= 15 is 0 Å². The molecule has 118 valence electrons. The lowest BCUT2D eigenvalue weighted by Crippen LogP contribution is -2.37. The van der Waals surface area contributed by atoms with Gasteiger partial charge in [0.25, 0.3) is 5.17 Å². The zero-order valence-electron chi connectivity index (χ0n) is 12.9. The average molecular weight is 329 g/mol. The van der Waals surface area contributed by atoms with E-state index in [9.17, 15) is 4.39 Å². The highest BCUT2D eigenvalue weighted by Crippen LogP contribution is 2.40. The number of ether oxygens (including phenoxy) is 1. The van der Waals surface area contributed by atoms with Crippen LogP contribution in [0.2, 0.25) is 0 Å². The van der Waals surface area contributed by atoms with E-state index in [4.69, 9.17) is 22.2 Å². The third kappa shape index (κ3) is 2.57. The summed E-state index contributed by atoms with van der Waals surface area (Å²) in [5.74, 6) is 0. The molecule has 1 aromatic carbocycles. The molecule has 0 saturated carbocycles. The molecule has 1 atom stereocenters. The van der Waals surface area contributed by atoms with Crippen LogP contribution in [0.25, 0.3) is 11.3 Å². The molecule has 0 saturated heterocycles. The van der Waals surface area contributed by atoms with Crippen molar-refractivity contribution in [2.24, 2.45) is 7.05 Å². The van der Waals surface area contributed by atoms with Crippen LogP contribution < -0.4 is 5.32 Å². The highest BCUT2D eigenvalue weighted by molar-refractivity contribution is 7.80. The van der Waals surface area contributed by atoms with Crippen molar-refractivity contribution >= 4 is 23.1 Å². The van der Waals surface area contributed by atoms with Crippen LogP contribution in [0.15, 0.2) is 30.3 Å². The fraction of sp³-hybridized carbons (Fsp3) is 0.294. The van der Waals surface area contributed by atoms with Gasteiger partial charge in [0, 0.05) is 30.4 Å². The van der Waals surface area contributed by atoms with Gasteiger partial charge in [-0.2, -0.15) is 5.26 Å². The van der Waals surface area contributed by atoms with Crippen LogP contribution in [0.5, 0.6) is 0 Å². The minimum absolute atomic E-state index is 0.224. The van der Waals surface area contributed by atoms with Gasteiger partial charge >= 0.3 is 0 Å². The lowest BCUT2D eigenvalue weighted by molar-refractivity contribution is 0.0561. The zero-order chi connectivity index (χ0) is 16.6. The summed E-state index contributed by atoms with van der Waals surface area (Å²) >= 11 is 5.12. The van der Waals surface area contributed by atoms with Crippen LogP contribution in [-0.4, -0.2) is 16.4 Å². The molecule has 4 nitrogen and oxygen atoms in total. The SMILES string of the molecule is Cn1c(C#N)ccc1-c1ccc2c(c1)[C@](C)(CCF)OC(=S)N2. The Morgan fingerprint density at radius 1 is 1.39 bits per heavy atom. The van der Waals surface area contributed by atoms with Crippen molar-refractivity contribution in [3.63, 3.8) is 0 Å². The van der Waals surface area contributed by atoms with Crippen molar-refractivity contribution in [2.45, 2.75) is 18.9 Å². The second-order valence-corrected chi connectivity index (χ2v) is 6.09. The maximum absolute atomic E-state index is 13.0. The van der Waals surface area contributed by atoms with Gasteiger partial charge in [-0.05, 0) is 49.0 Å². The lowest BCUT2D eigenvalue weighted by atomic mass is 9.88. The third-order valence-corrected chi connectivity index (χ3v) is 4.43. The van der Waals surface area contributed by atoms with Gasteiger partial charge in [-0.1, -0.05) is 6.07 Å². The average Bonchev–Trinajstić information content (AvgIpc) is 2.88. The molecule has 23 heavy (non-hydrogen) atoms. The van der Waals surface area contributed by atoms with Crippen molar-refractivity contribution in [1.82, 2.24) is 4.57 Å². The molecule has 0 spiro atoms. The quantitative estimate of drug-likeness (QED) is 0.869. The third-order valence-electron chi connectivity index (χ3n) is 4.25. The van der Waals surface area contributed by atoms with E-state index in [2.05, 4.69) is 11.4 Å². The molecule has 0 aliphatic carbocycles. The van der Waals surface area contributed by atoms with Crippen molar-refractivity contribution in [3.05, 3.63) is 41.6 Å². The van der Waals surface area contributed by atoms with E-state index in [-0.39, 0.29) is 11.6 Å². The van der Waals surface area contributed by atoms with E-state index in [0.717, 1.165) is 22.5 Å². The van der Waals surface area contributed by atoms with Gasteiger partial charge in [0.15, 0.2) is 0 Å². The Kier molecular flexibility index (Phi) is 3.82. The summed E-state index contributed by atoms with van der Waals surface area (Å²) in [6, 6.07) is 11.7. The fourth-order valence-electron chi connectivity index (χ4n) is 2.92. The van der Waals surface area contributed by atoms with Crippen LogP contribution >= 0.6 is 12.2 Å². The Labute approximate surface area is 139 Å². The molecule has 1 aromatic heterocycles. The maximum Gasteiger partial charge on any atom is 0.262 e. The van der Waals surface area contributed by atoms with Crippen LogP contribution in [0.1, 0.15) is 24.6 Å². The molecule has 0 radical (unpaired) electrons. The topological polar surface area (TPSA) is 50.0 Å². The number of alkyl halides is 1. The first-order valence-corrected chi connectivity index (χ1v) is 7.66. The number of rotatable bonds is 3. The Bertz CT molecular complexity index is 824. The Balaban J connectivity index is 2.12. The smallest absolute Gasteiger partial charge is 0.262 e. The summed E-state index contributed by atoms with van der Waals surface area (Å²) < 4.78 is 20.5. The largest absolute Gasteiger partial charge is 0.459 e. The number of halogens is 1. The summed E-state index contributed by atoms with van der Waals surface area (Å²) in [5, 5.41) is 12.4. The number of hydrogen-bond acceptors (Lipinski definition) is 3. The number of benzene rings is 1. The van der Waals surface area contributed by atoms with E-state index in [0.29, 0.717) is 5.69 Å². The molecule has 0 unspecified atom stereocenters. The number of nitriles is 1. The molecule has 1 N–H and O–H groups in total. The van der Waals surface area contributed by atoms with Gasteiger partial charge in [-0.15, -0.1) is 0 Å². The van der Waals surface area contributed by atoms with E-state index < -0.39 is 12.3 Å². The fourth-order valence-corrected chi connectivity index (χ4v) is 3.22. The van der Waals surface area contributed by atoms with Crippen LogP contribution in [0.4, 0.5) is 10.1 Å². The molecular weight excluding hydrogens is 313 g/mol. The zero-order valence-corrected chi connectivity index (χ0v) is 13.7. The van der Waals surface area contributed by atoms with Gasteiger partial charge in [0.05, 0.1) is 6.67 Å². The predicted molar refractivity (Wildman–Crippen MR) is 90.8 cm³/mol. The number of anilines is 1. The first-order chi connectivity index (χ1) is 11.0. The Morgan fingerprint density at radius 2 is 2.17 bits per heavy atom. The molecule has 2 heterocycles. The number of hydrogen-bond donors (Lipinski definition) is 1. The summed E-state index contributed by atoms with van der Waals surface area (Å²) in [5.41, 5.74) is 3.33. The minimum atomic E-state index is -0.800. The van der Waals surface area contributed by atoms with Gasteiger partial charge < -0.3 is 14.6 Å². The second kappa shape index (κ2) is 5.67. The van der Waals surface area contributed by atoms with E-state index in [1.807, 2.05) is 42.8 Å². The van der Waals surface area contributed by atoms with Gasteiger partial charge in [0.1, 0.15) is 17.4 Å². The molecule has 2 aromatic rings. The molecule has 0 bridgehead atoms.